The third kappa shape index (κ3) is 2.61. The summed E-state index contributed by atoms with van der Waals surface area (Å²) >= 11 is 5.74. The van der Waals surface area contributed by atoms with Crippen LogP contribution in [0.3, 0.4) is 0 Å². The van der Waals surface area contributed by atoms with Crippen molar-refractivity contribution in [1.29, 1.82) is 0 Å². The number of hydrogen-bond donors (Lipinski definition) is 2. The average Bonchev–Trinajstić information content (AvgIpc) is 2.15. The number of benzene rings is 1. The molecule has 76 valence electrons. The first-order valence-corrected chi connectivity index (χ1v) is 4.29. The molecule has 0 aromatic heterocycles. The molecule has 0 radical (unpaired) electrons. The second-order valence-corrected chi connectivity index (χ2v) is 2.93. The molecule has 1 aromatic carbocycles. The van der Waals surface area contributed by atoms with Gasteiger partial charge < -0.3 is 14.9 Å². The molecule has 0 saturated carbocycles. The molecule has 0 fully saturated rings. The molecule has 0 unspecified atom stereocenters. The zero-order valence-electron chi connectivity index (χ0n) is 7.24. The van der Waals surface area contributed by atoms with Crippen molar-refractivity contribution in [2.45, 2.75) is 0 Å². The van der Waals surface area contributed by atoms with Crippen LogP contribution >= 0.6 is 11.6 Å². The van der Waals surface area contributed by atoms with E-state index in [4.69, 9.17) is 26.6 Å². The number of carboxylic acids is 1. The Kier molecular flexibility index (Phi) is 3.73. The Morgan fingerprint density at radius 3 is 2.71 bits per heavy atom. The molecule has 0 bridgehead atoms. The Hall–Kier alpha value is -1.26. The maximum absolute atomic E-state index is 10.5. The van der Waals surface area contributed by atoms with Gasteiger partial charge in [-0.25, -0.2) is 4.79 Å². The average molecular weight is 217 g/mol. The van der Waals surface area contributed by atoms with Crippen molar-refractivity contribution in [2.75, 3.05) is 13.2 Å². The topological polar surface area (TPSA) is 66.8 Å². The van der Waals surface area contributed by atoms with Crippen LogP contribution in [0.25, 0.3) is 0 Å². The van der Waals surface area contributed by atoms with E-state index >= 15 is 0 Å². The van der Waals surface area contributed by atoms with Crippen molar-refractivity contribution in [3.63, 3.8) is 0 Å². The van der Waals surface area contributed by atoms with Crippen molar-refractivity contribution < 1.29 is 19.7 Å². The van der Waals surface area contributed by atoms with Gasteiger partial charge in [0.2, 0.25) is 0 Å². The number of halogens is 1. The minimum absolute atomic E-state index is 0.103. The van der Waals surface area contributed by atoms with Gasteiger partial charge in [-0.15, -0.1) is 0 Å². The van der Waals surface area contributed by atoms with E-state index in [-0.39, 0.29) is 23.8 Å². The monoisotopic (exact) mass is 216 g/mol. The van der Waals surface area contributed by atoms with Gasteiger partial charge in [-0.3, -0.25) is 0 Å². The van der Waals surface area contributed by atoms with Crippen molar-refractivity contribution in [3.05, 3.63) is 28.8 Å². The number of hydrogen-bond acceptors (Lipinski definition) is 3. The van der Waals surface area contributed by atoms with Gasteiger partial charge in [-0.1, -0.05) is 11.6 Å². The second kappa shape index (κ2) is 4.83. The number of carboxylic acid groups (broad SMARTS) is 1. The molecule has 0 saturated heterocycles. The summed E-state index contributed by atoms with van der Waals surface area (Å²) in [5.41, 5.74) is 0.103. The number of rotatable bonds is 4. The van der Waals surface area contributed by atoms with Crippen LogP contribution in [0.15, 0.2) is 18.2 Å². The van der Waals surface area contributed by atoms with E-state index in [0.717, 1.165) is 0 Å². The summed E-state index contributed by atoms with van der Waals surface area (Å²) in [6.45, 7) is 0.0170. The van der Waals surface area contributed by atoms with Gasteiger partial charge in [0.05, 0.1) is 17.2 Å². The normalized spacial score (nSPS) is 9.86. The molecular weight excluding hydrogens is 208 g/mol. The number of ether oxygens (including phenoxy) is 1. The highest BCUT2D eigenvalue weighted by atomic mass is 35.5. The third-order valence-electron chi connectivity index (χ3n) is 1.53. The number of carbonyl (C=O) groups is 1. The Morgan fingerprint density at radius 2 is 2.21 bits per heavy atom. The highest BCUT2D eigenvalue weighted by molar-refractivity contribution is 6.32. The number of aliphatic hydroxyl groups is 1. The Bertz CT molecular complexity index is 338. The lowest BCUT2D eigenvalue weighted by Gasteiger charge is -2.06. The van der Waals surface area contributed by atoms with Gasteiger partial charge in [0.25, 0.3) is 0 Å². The van der Waals surface area contributed by atoms with Crippen LogP contribution in [0, 0.1) is 0 Å². The molecule has 0 aliphatic rings. The lowest BCUT2D eigenvalue weighted by atomic mass is 10.2. The van der Waals surface area contributed by atoms with E-state index in [1.54, 1.807) is 0 Å². The lowest BCUT2D eigenvalue weighted by molar-refractivity contribution is 0.0697. The summed E-state index contributed by atoms with van der Waals surface area (Å²) in [5, 5.41) is 17.4. The summed E-state index contributed by atoms with van der Waals surface area (Å²) in [5.74, 6) is -0.675. The van der Waals surface area contributed by atoms with Crippen LogP contribution in [-0.4, -0.2) is 29.4 Å². The summed E-state index contributed by atoms with van der Waals surface area (Å²) in [4.78, 5) is 10.5. The maximum Gasteiger partial charge on any atom is 0.335 e. The van der Waals surface area contributed by atoms with Crippen molar-refractivity contribution in [1.82, 2.24) is 0 Å². The zero-order chi connectivity index (χ0) is 10.6. The smallest absolute Gasteiger partial charge is 0.335 e. The van der Waals surface area contributed by atoms with Crippen LogP contribution in [0.5, 0.6) is 5.75 Å². The predicted molar refractivity (Wildman–Crippen MR) is 51.0 cm³/mol. The first kappa shape index (κ1) is 10.8. The molecule has 0 atom stereocenters. The fourth-order valence-corrected chi connectivity index (χ4v) is 1.14. The van der Waals surface area contributed by atoms with Crippen LogP contribution in [0.1, 0.15) is 10.4 Å². The third-order valence-corrected chi connectivity index (χ3v) is 1.82. The highest BCUT2D eigenvalue weighted by Crippen LogP contribution is 2.25. The van der Waals surface area contributed by atoms with Crippen molar-refractivity contribution in [2.24, 2.45) is 0 Å². The molecule has 5 heteroatoms. The zero-order valence-corrected chi connectivity index (χ0v) is 7.99. The second-order valence-electron chi connectivity index (χ2n) is 2.52. The van der Waals surface area contributed by atoms with Gasteiger partial charge >= 0.3 is 5.97 Å². The Morgan fingerprint density at radius 1 is 1.50 bits per heavy atom. The number of aliphatic hydroxyl groups excluding tert-OH is 1. The van der Waals surface area contributed by atoms with E-state index in [2.05, 4.69) is 0 Å². The van der Waals surface area contributed by atoms with Gasteiger partial charge in [0, 0.05) is 0 Å². The first-order chi connectivity index (χ1) is 6.65. The van der Waals surface area contributed by atoms with Crippen LogP contribution in [-0.2, 0) is 0 Å². The van der Waals surface area contributed by atoms with Gasteiger partial charge in [0.15, 0.2) is 0 Å². The molecule has 2 N–H and O–H groups in total. The molecule has 14 heavy (non-hydrogen) atoms. The SMILES string of the molecule is O=C(O)c1ccc(OCCO)c(Cl)c1. The molecule has 0 aliphatic heterocycles. The fraction of sp³-hybridized carbons (Fsp3) is 0.222. The van der Waals surface area contributed by atoms with Gasteiger partial charge in [-0.05, 0) is 18.2 Å². The summed E-state index contributed by atoms with van der Waals surface area (Å²) in [6.07, 6.45) is 0. The van der Waals surface area contributed by atoms with Crippen molar-refractivity contribution >= 4 is 17.6 Å². The quantitative estimate of drug-likeness (QED) is 0.799. The predicted octanol–water partition coefficient (Wildman–Crippen LogP) is 1.41. The molecule has 0 heterocycles. The molecular formula is C9H9ClO4. The summed E-state index contributed by atoms with van der Waals surface area (Å²) in [6, 6.07) is 4.15. The molecule has 0 aliphatic carbocycles. The maximum atomic E-state index is 10.5. The molecule has 0 spiro atoms. The van der Waals surface area contributed by atoms with Crippen LogP contribution in [0.4, 0.5) is 0 Å². The lowest BCUT2D eigenvalue weighted by Crippen LogP contribution is -2.03. The largest absolute Gasteiger partial charge is 0.490 e. The molecule has 1 aromatic rings. The van der Waals surface area contributed by atoms with E-state index < -0.39 is 5.97 Å². The minimum atomic E-state index is -1.04. The molecule has 1 rings (SSSR count). The number of aromatic carboxylic acids is 1. The van der Waals surface area contributed by atoms with Crippen molar-refractivity contribution in [3.8, 4) is 5.75 Å². The minimum Gasteiger partial charge on any atom is -0.490 e. The molecule has 0 amide bonds. The van der Waals surface area contributed by atoms with E-state index in [1.807, 2.05) is 0 Å². The van der Waals surface area contributed by atoms with Crippen LogP contribution in [0.2, 0.25) is 5.02 Å². The Labute approximate surface area is 85.7 Å². The Balaban J connectivity index is 2.84. The van der Waals surface area contributed by atoms with E-state index in [0.29, 0.717) is 5.75 Å². The van der Waals surface area contributed by atoms with E-state index in [1.165, 1.54) is 18.2 Å². The first-order valence-electron chi connectivity index (χ1n) is 3.91. The highest BCUT2D eigenvalue weighted by Gasteiger charge is 2.07. The molecule has 4 nitrogen and oxygen atoms in total. The van der Waals surface area contributed by atoms with Gasteiger partial charge in [0.1, 0.15) is 12.4 Å². The van der Waals surface area contributed by atoms with E-state index in [9.17, 15) is 4.79 Å². The van der Waals surface area contributed by atoms with Crippen LogP contribution < -0.4 is 4.74 Å². The summed E-state index contributed by atoms with van der Waals surface area (Å²) < 4.78 is 5.05. The van der Waals surface area contributed by atoms with Gasteiger partial charge in [-0.2, -0.15) is 0 Å². The fourth-order valence-electron chi connectivity index (χ4n) is 0.907. The summed E-state index contributed by atoms with van der Waals surface area (Å²) in [7, 11) is 0. The standard InChI is InChI=1S/C9H9ClO4/c10-7-5-6(9(12)13)1-2-8(7)14-4-3-11/h1-2,5,11H,3-4H2,(H,12,13).